The van der Waals surface area contributed by atoms with Gasteiger partial charge in [0.2, 0.25) is 5.82 Å². The molecule has 0 aliphatic heterocycles. The third-order valence-corrected chi connectivity index (χ3v) is 1.54. The highest BCUT2D eigenvalue weighted by Crippen LogP contribution is 2.15. The minimum atomic E-state index is -2.61. The minimum absolute atomic E-state index is 0.257. The predicted octanol–water partition coefficient (Wildman–Crippen LogP) is 0.203. The Labute approximate surface area is 72.6 Å². The van der Waals surface area contributed by atoms with Gasteiger partial charge in [-0.25, -0.2) is 18.4 Å². The SMILES string of the molecule is CC(C(F)F)n1ncnc1C(N)=O. The Morgan fingerprint density at radius 1 is 1.69 bits per heavy atom. The second kappa shape index (κ2) is 3.46. The summed E-state index contributed by atoms with van der Waals surface area (Å²) in [6.45, 7) is 1.23. The number of halogens is 2. The van der Waals surface area contributed by atoms with Crippen molar-refractivity contribution >= 4 is 5.91 Å². The first kappa shape index (κ1) is 9.56. The third-order valence-electron chi connectivity index (χ3n) is 1.54. The van der Waals surface area contributed by atoms with Gasteiger partial charge in [-0.05, 0) is 6.92 Å². The van der Waals surface area contributed by atoms with Crippen molar-refractivity contribution in [1.29, 1.82) is 0 Å². The van der Waals surface area contributed by atoms with E-state index < -0.39 is 18.4 Å². The summed E-state index contributed by atoms with van der Waals surface area (Å²) in [6.07, 6.45) is -1.60. The lowest BCUT2D eigenvalue weighted by molar-refractivity contribution is 0.0804. The molecule has 1 amide bonds. The Morgan fingerprint density at radius 2 is 2.31 bits per heavy atom. The normalized spacial score (nSPS) is 13.2. The van der Waals surface area contributed by atoms with E-state index in [4.69, 9.17) is 5.73 Å². The van der Waals surface area contributed by atoms with Gasteiger partial charge in [0.1, 0.15) is 12.4 Å². The molecule has 1 aromatic rings. The Balaban J connectivity index is 3.00. The van der Waals surface area contributed by atoms with Crippen molar-refractivity contribution < 1.29 is 13.6 Å². The second-order valence-corrected chi connectivity index (χ2v) is 2.47. The zero-order chi connectivity index (χ0) is 10.0. The maximum absolute atomic E-state index is 12.2. The zero-order valence-corrected chi connectivity index (χ0v) is 6.82. The van der Waals surface area contributed by atoms with Gasteiger partial charge in [-0.1, -0.05) is 0 Å². The van der Waals surface area contributed by atoms with E-state index in [0.29, 0.717) is 0 Å². The quantitative estimate of drug-likeness (QED) is 0.739. The van der Waals surface area contributed by atoms with Gasteiger partial charge in [-0.15, -0.1) is 0 Å². The summed E-state index contributed by atoms with van der Waals surface area (Å²) in [6, 6.07) is -1.20. The first-order valence-electron chi connectivity index (χ1n) is 3.51. The van der Waals surface area contributed by atoms with Crippen LogP contribution in [-0.2, 0) is 0 Å². The van der Waals surface area contributed by atoms with Crippen LogP contribution in [0.5, 0.6) is 0 Å². The van der Waals surface area contributed by atoms with Gasteiger partial charge in [-0.3, -0.25) is 4.79 Å². The second-order valence-electron chi connectivity index (χ2n) is 2.47. The summed E-state index contributed by atoms with van der Waals surface area (Å²) < 4.78 is 25.2. The molecular weight excluding hydrogens is 182 g/mol. The number of carbonyl (C=O) groups is 1. The van der Waals surface area contributed by atoms with Crippen molar-refractivity contribution in [1.82, 2.24) is 14.8 Å². The van der Waals surface area contributed by atoms with Crippen molar-refractivity contribution in [2.75, 3.05) is 0 Å². The highest BCUT2D eigenvalue weighted by atomic mass is 19.3. The van der Waals surface area contributed by atoms with Gasteiger partial charge in [0, 0.05) is 0 Å². The van der Waals surface area contributed by atoms with Crippen molar-refractivity contribution in [3.63, 3.8) is 0 Å². The molecule has 0 saturated carbocycles. The van der Waals surface area contributed by atoms with E-state index in [2.05, 4.69) is 10.1 Å². The van der Waals surface area contributed by atoms with Gasteiger partial charge >= 0.3 is 0 Å². The Morgan fingerprint density at radius 3 is 2.77 bits per heavy atom. The molecule has 72 valence electrons. The molecule has 0 spiro atoms. The van der Waals surface area contributed by atoms with Crippen LogP contribution < -0.4 is 5.73 Å². The molecule has 0 radical (unpaired) electrons. The fraction of sp³-hybridized carbons (Fsp3) is 0.500. The summed E-state index contributed by atoms with van der Waals surface area (Å²) in [5, 5.41) is 3.48. The molecule has 0 aliphatic rings. The van der Waals surface area contributed by atoms with Crippen LogP contribution in [0.15, 0.2) is 6.33 Å². The molecule has 1 heterocycles. The molecule has 7 heteroatoms. The number of amides is 1. The van der Waals surface area contributed by atoms with Gasteiger partial charge in [0.25, 0.3) is 12.3 Å². The smallest absolute Gasteiger partial charge is 0.286 e. The van der Waals surface area contributed by atoms with E-state index in [9.17, 15) is 13.6 Å². The van der Waals surface area contributed by atoms with Crippen molar-refractivity contribution in [3.8, 4) is 0 Å². The van der Waals surface area contributed by atoms with Crippen LogP contribution in [-0.4, -0.2) is 27.1 Å². The van der Waals surface area contributed by atoms with E-state index in [-0.39, 0.29) is 5.82 Å². The maximum Gasteiger partial charge on any atom is 0.286 e. The average molecular weight is 190 g/mol. The first-order chi connectivity index (χ1) is 6.04. The Kier molecular flexibility index (Phi) is 2.54. The lowest BCUT2D eigenvalue weighted by Crippen LogP contribution is -2.24. The number of primary amides is 1. The van der Waals surface area contributed by atoms with Gasteiger partial charge < -0.3 is 5.73 Å². The van der Waals surface area contributed by atoms with Crippen LogP contribution in [0.1, 0.15) is 23.6 Å². The molecule has 0 saturated heterocycles. The molecule has 5 nitrogen and oxygen atoms in total. The largest absolute Gasteiger partial charge is 0.363 e. The van der Waals surface area contributed by atoms with Gasteiger partial charge in [0.05, 0.1) is 0 Å². The Hall–Kier alpha value is -1.53. The highest BCUT2D eigenvalue weighted by Gasteiger charge is 2.22. The number of nitrogens with zero attached hydrogens (tertiary/aromatic N) is 3. The summed E-state index contributed by atoms with van der Waals surface area (Å²) in [7, 11) is 0. The van der Waals surface area contributed by atoms with E-state index in [1.165, 1.54) is 6.92 Å². The molecule has 13 heavy (non-hydrogen) atoms. The van der Waals surface area contributed by atoms with Crippen LogP contribution in [0, 0.1) is 0 Å². The summed E-state index contributed by atoms with van der Waals surface area (Å²) in [4.78, 5) is 14.1. The third kappa shape index (κ3) is 1.79. The van der Waals surface area contributed by atoms with E-state index >= 15 is 0 Å². The maximum atomic E-state index is 12.2. The Bertz CT molecular complexity index is 311. The van der Waals surface area contributed by atoms with Crippen LogP contribution in [0.2, 0.25) is 0 Å². The molecule has 1 atom stereocenters. The number of aromatic nitrogens is 3. The van der Waals surface area contributed by atoms with Crippen molar-refractivity contribution in [2.24, 2.45) is 5.73 Å². The van der Waals surface area contributed by atoms with Crippen molar-refractivity contribution in [2.45, 2.75) is 19.4 Å². The number of rotatable bonds is 3. The number of alkyl halides is 2. The molecular formula is C6H8F2N4O. The van der Waals surface area contributed by atoms with Crippen molar-refractivity contribution in [3.05, 3.63) is 12.2 Å². The standard InChI is InChI=1S/C6H8F2N4O/c1-3(4(7)8)12-6(5(9)13)10-2-11-12/h2-4H,1H3,(H2,9,13). The van der Waals surface area contributed by atoms with Crippen LogP contribution in [0.3, 0.4) is 0 Å². The molecule has 0 bridgehead atoms. The fourth-order valence-corrected chi connectivity index (χ4v) is 0.831. The van der Waals surface area contributed by atoms with E-state index in [1.807, 2.05) is 0 Å². The highest BCUT2D eigenvalue weighted by molar-refractivity contribution is 5.88. The molecule has 0 fully saturated rings. The molecule has 1 unspecified atom stereocenters. The van der Waals surface area contributed by atoms with Gasteiger partial charge in [-0.2, -0.15) is 5.10 Å². The lowest BCUT2D eigenvalue weighted by Gasteiger charge is -2.11. The van der Waals surface area contributed by atoms with E-state index in [1.54, 1.807) is 0 Å². The zero-order valence-electron chi connectivity index (χ0n) is 6.82. The number of hydrogen-bond donors (Lipinski definition) is 1. The summed E-state index contributed by atoms with van der Waals surface area (Å²) >= 11 is 0. The van der Waals surface area contributed by atoms with Gasteiger partial charge in [0.15, 0.2) is 0 Å². The number of nitrogens with two attached hydrogens (primary N) is 1. The first-order valence-corrected chi connectivity index (χ1v) is 3.51. The predicted molar refractivity (Wildman–Crippen MR) is 39.3 cm³/mol. The van der Waals surface area contributed by atoms with Crippen LogP contribution >= 0.6 is 0 Å². The monoisotopic (exact) mass is 190 g/mol. The topological polar surface area (TPSA) is 73.8 Å². The van der Waals surface area contributed by atoms with Crippen LogP contribution in [0.25, 0.3) is 0 Å². The molecule has 1 aromatic heterocycles. The van der Waals surface area contributed by atoms with E-state index in [0.717, 1.165) is 11.0 Å². The molecule has 2 N–H and O–H groups in total. The lowest BCUT2D eigenvalue weighted by atomic mass is 10.3. The molecule has 0 aliphatic carbocycles. The minimum Gasteiger partial charge on any atom is -0.363 e. The average Bonchev–Trinajstić information content (AvgIpc) is 2.50. The molecule has 0 aromatic carbocycles. The molecule has 1 rings (SSSR count). The fourth-order valence-electron chi connectivity index (χ4n) is 0.831. The summed E-state index contributed by atoms with van der Waals surface area (Å²) in [5.74, 6) is -1.13. The van der Waals surface area contributed by atoms with Crippen LogP contribution in [0.4, 0.5) is 8.78 Å². The number of hydrogen-bond acceptors (Lipinski definition) is 3. The summed E-state index contributed by atoms with van der Waals surface area (Å²) in [5.41, 5.74) is 4.89. The number of carbonyl (C=O) groups excluding carboxylic acids is 1.